The van der Waals surface area contributed by atoms with Crippen molar-refractivity contribution in [1.82, 2.24) is 9.55 Å². The molecule has 152 valence electrons. The molecule has 3 aromatic rings. The average Bonchev–Trinajstić information content (AvgIpc) is 3.12. The molecule has 0 aliphatic carbocycles. The summed E-state index contributed by atoms with van der Waals surface area (Å²) >= 11 is 18.3. The van der Waals surface area contributed by atoms with E-state index in [-0.39, 0.29) is 30.9 Å². The highest BCUT2D eigenvalue weighted by atomic mass is 35.5. The van der Waals surface area contributed by atoms with Gasteiger partial charge in [0.05, 0.1) is 28.6 Å². The fourth-order valence-corrected chi connectivity index (χ4v) is 3.11. The van der Waals surface area contributed by atoms with Crippen LogP contribution in [0.25, 0.3) is 0 Å². The van der Waals surface area contributed by atoms with Crippen LogP contribution in [-0.4, -0.2) is 15.7 Å². The molecule has 0 fully saturated rings. The van der Waals surface area contributed by atoms with Crippen LogP contribution in [0.15, 0.2) is 55.1 Å². The number of halogens is 5. The Hall–Kier alpha value is -1.30. The molecule has 3 rings (SSSR count). The number of imidazole rings is 1. The van der Waals surface area contributed by atoms with Gasteiger partial charge in [0.2, 0.25) is 0 Å². The Bertz CT molecular complexity index is 857. The second-order valence-corrected chi connectivity index (χ2v) is 7.22. The lowest BCUT2D eigenvalue weighted by Gasteiger charge is -2.21. The average molecular weight is 484 g/mol. The first-order valence-corrected chi connectivity index (χ1v) is 9.26. The van der Waals surface area contributed by atoms with Crippen molar-refractivity contribution in [3.63, 3.8) is 0 Å². The highest BCUT2D eigenvalue weighted by molar-refractivity contribution is 6.36. The molecule has 0 aliphatic heterocycles. The van der Waals surface area contributed by atoms with E-state index in [2.05, 4.69) is 4.98 Å². The van der Waals surface area contributed by atoms with Crippen LogP contribution in [0.4, 0.5) is 5.69 Å². The number of ether oxygens (including phenoxy) is 1. The van der Waals surface area contributed by atoms with Crippen LogP contribution in [0, 0.1) is 0 Å². The largest absolute Gasteiger partial charge is 0.487 e. The van der Waals surface area contributed by atoms with Gasteiger partial charge < -0.3 is 15.0 Å². The van der Waals surface area contributed by atoms with E-state index >= 15 is 0 Å². The van der Waals surface area contributed by atoms with Crippen LogP contribution >= 0.6 is 59.6 Å². The molecule has 2 N–H and O–H groups in total. The summed E-state index contributed by atoms with van der Waals surface area (Å²) in [4.78, 5) is 4.08. The normalized spacial score (nSPS) is 11.2. The lowest BCUT2D eigenvalue weighted by atomic mass is 10.1. The van der Waals surface area contributed by atoms with Crippen LogP contribution in [0.5, 0.6) is 5.75 Å². The number of nitrogens with zero attached hydrogens (tertiary/aromatic N) is 2. The zero-order valence-corrected chi connectivity index (χ0v) is 18.6. The van der Waals surface area contributed by atoms with Crippen LogP contribution in [0.2, 0.25) is 15.1 Å². The van der Waals surface area contributed by atoms with Gasteiger partial charge in [0, 0.05) is 23.5 Å². The fourth-order valence-electron chi connectivity index (χ4n) is 2.61. The third kappa shape index (κ3) is 6.94. The van der Waals surface area contributed by atoms with Gasteiger partial charge in [-0.25, -0.2) is 4.98 Å². The first-order chi connectivity index (χ1) is 12.5. The Balaban J connectivity index is 0.00000196. The zero-order chi connectivity index (χ0) is 18.5. The van der Waals surface area contributed by atoms with Crippen LogP contribution in [-0.2, 0) is 13.0 Å². The lowest BCUT2D eigenvalue weighted by molar-refractivity contribution is 0.170. The number of aromatic nitrogens is 2. The summed E-state index contributed by atoms with van der Waals surface area (Å²) in [5.74, 6) is 0.520. The number of hydrogen-bond donors (Lipinski definition) is 1. The molecule has 0 amide bonds. The number of rotatable bonds is 7. The Morgan fingerprint density at radius 3 is 2.39 bits per heavy atom. The lowest BCUT2D eigenvalue weighted by Crippen LogP contribution is -2.23. The molecule has 0 saturated carbocycles. The van der Waals surface area contributed by atoms with Gasteiger partial charge in [-0.15, -0.1) is 24.8 Å². The van der Waals surface area contributed by atoms with E-state index in [0.29, 0.717) is 28.0 Å². The number of hydrogen-bond acceptors (Lipinski definition) is 3. The molecule has 1 heterocycles. The Kier molecular flexibility index (Phi) is 10.3. The minimum absolute atomic E-state index is 0. The second-order valence-electron chi connectivity index (χ2n) is 5.97. The molecular weight excluding hydrogens is 463 g/mol. The van der Waals surface area contributed by atoms with Crippen LogP contribution in [0.3, 0.4) is 0 Å². The summed E-state index contributed by atoms with van der Waals surface area (Å²) in [6.07, 6.45) is 6.92. The van der Waals surface area contributed by atoms with Crippen molar-refractivity contribution in [3.05, 3.63) is 75.8 Å². The van der Waals surface area contributed by atoms with Gasteiger partial charge in [-0.1, -0.05) is 46.9 Å². The highest BCUT2D eigenvalue weighted by Crippen LogP contribution is 2.33. The number of nitrogens with two attached hydrogens (primary N) is 1. The number of anilines is 1. The molecule has 2 aromatic carbocycles. The Morgan fingerprint density at radius 2 is 1.75 bits per heavy atom. The predicted molar refractivity (Wildman–Crippen MR) is 122 cm³/mol. The van der Waals surface area contributed by atoms with Gasteiger partial charge >= 0.3 is 0 Å². The van der Waals surface area contributed by atoms with Crippen molar-refractivity contribution < 1.29 is 4.74 Å². The summed E-state index contributed by atoms with van der Waals surface area (Å²) in [5, 5.41) is 1.58. The maximum Gasteiger partial charge on any atom is 0.140 e. The molecule has 0 bridgehead atoms. The molecule has 9 heteroatoms. The van der Waals surface area contributed by atoms with Gasteiger partial charge in [0.15, 0.2) is 0 Å². The standard InChI is InChI=1S/C19H18Cl3N3O.2ClH/c20-14-4-1-13(2-5-14)3-6-15(11-25-8-7-24-12-25)26-19-10-16(21)18(23)9-17(19)22;;/h1-2,4-5,7-10,12,15H,3,6,11,23H2;2*1H. The minimum Gasteiger partial charge on any atom is -0.487 e. The molecule has 1 aromatic heterocycles. The molecular formula is C19H20Cl5N3O. The van der Waals surface area contributed by atoms with Crippen molar-refractivity contribution in [2.75, 3.05) is 5.73 Å². The minimum atomic E-state index is -0.114. The van der Waals surface area contributed by atoms with E-state index in [1.165, 1.54) is 5.56 Å². The van der Waals surface area contributed by atoms with Gasteiger partial charge in [-0.3, -0.25) is 0 Å². The zero-order valence-electron chi connectivity index (χ0n) is 14.7. The van der Waals surface area contributed by atoms with Gasteiger partial charge in [0.1, 0.15) is 11.9 Å². The molecule has 0 saturated heterocycles. The second kappa shape index (κ2) is 11.6. The molecule has 28 heavy (non-hydrogen) atoms. The highest BCUT2D eigenvalue weighted by Gasteiger charge is 2.15. The third-order valence-electron chi connectivity index (χ3n) is 3.99. The first-order valence-electron chi connectivity index (χ1n) is 8.12. The van der Waals surface area contributed by atoms with Gasteiger partial charge in [-0.2, -0.15) is 0 Å². The summed E-state index contributed by atoms with van der Waals surface area (Å²) in [5.41, 5.74) is 7.40. The summed E-state index contributed by atoms with van der Waals surface area (Å²) < 4.78 is 8.12. The molecule has 1 unspecified atom stereocenters. The van der Waals surface area contributed by atoms with E-state index in [1.807, 2.05) is 35.0 Å². The fraction of sp³-hybridized carbons (Fsp3) is 0.211. The number of benzene rings is 2. The maximum atomic E-state index is 6.26. The van der Waals surface area contributed by atoms with Crippen LogP contribution < -0.4 is 10.5 Å². The summed E-state index contributed by atoms with van der Waals surface area (Å²) in [6, 6.07) is 11.1. The van der Waals surface area contributed by atoms with E-state index in [9.17, 15) is 0 Å². The predicted octanol–water partition coefficient (Wildman–Crippen LogP) is 6.35. The molecule has 4 nitrogen and oxygen atoms in total. The monoisotopic (exact) mass is 481 g/mol. The van der Waals surface area contributed by atoms with Crippen LogP contribution in [0.1, 0.15) is 12.0 Å². The van der Waals surface area contributed by atoms with Crippen molar-refractivity contribution in [1.29, 1.82) is 0 Å². The summed E-state index contributed by atoms with van der Waals surface area (Å²) in [6.45, 7) is 0.645. The summed E-state index contributed by atoms with van der Waals surface area (Å²) in [7, 11) is 0. The molecule has 0 spiro atoms. The first kappa shape index (κ1) is 24.7. The van der Waals surface area contributed by atoms with E-state index < -0.39 is 0 Å². The van der Waals surface area contributed by atoms with Crippen molar-refractivity contribution in [2.45, 2.75) is 25.5 Å². The SMILES string of the molecule is Cl.Cl.Nc1cc(Cl)c(OC(CCc2ccc(Cl)cc2)Cn2ccnc2)cc1Cl. The maximum absolute atomic E-state index is 6.26. The number of nitrogen functional groups attached to an aromatic ring is 1. The van der Waals surface area contributed by atoms with Crippen molar-refractivity contribution >= 4 is 65.3 Å². The smallest absolute Gasteiger partial charge is 0.140 e. The van der Waals surface area contributed by atoms with Gasteiger partial charge in [-0.05, 0) is 36.6 Å². The Morgan fingerprint density at radius 1 is 1.04 bits per heavy atom. The van der Waals surface area contributed by atoms with Crippen molar-refractivity contribution in [3.8, 4) is 5.75 Å². The molecule has 0 aliphatic rings. The third-order valence-corrected chi connectivity index (χ3v) is 4.86. The molecule has 0 radical (unpaired) electrons. The number of aryl methyl sites for hydroxylation is 1. The quantitative estimate of drug-likeness (QED) is 0.399. The topological polar surface area (TPSA) is 53.1 Å². The molecule has 1 atom stereocenters. The van der Waals surface area contributed by atoms with E-state index in [0.717, 1.165) is 17.9 Å². The Labute approximate surface area is 191 Å². The van der Waals surface area contributed by atoms with Gasteiger partial charge in [0.25, 0.3) is 0 Å². The van der Waals surface area contributed by atoms with Crippen molar-refractivity contribution in [2.24, 2.45) is 0 Å². The van der Waals surface area contributed by atoms with E-state index in [1.54, 1.807) is 24.7 Å². The van der Waals surface area contributed by atoms with E-state index in [4.69, 9.17) is 45.3 Å².